The van der Waals surface area contributed by atoms with Gasteiger partial charge in [-0.1, -0.05) is 48.0 Å². The SMILES string of the molecule is CC(C)CCCOCCCN(CC(C)C)C(C)C.CCC. The third-order valence-corrected chi connectivity index (χ3v) is 3.13. The zero-order valence-corrected chi connectivity index (χ0v) is 16.2. The Balaban J connectivity index is 0. The third-order valence-electron chi connectivity index (χ3n) is 3.13. The summed E-state index contributed by atoms with van der Waals surface area (Å²) in [5, 5.41) is 0. The summed E-state index contributed by atoms with van der Waals surface area (Å²) in [6, 6.07) is 0.647. The Morgan fingerprint density at radius 2 is 1.33 bits per heavy atom. The van der Waals surface area contributed by atoms with E-state index in [-0.39, 0.29) is 0 Å². The van der Waals surface area contributed by atoms with Crippen LogP contribution in [-0.4, -0.2) is 37.2 Å². The van der Waals surface area contributed by atoms with Gasteiger partial charge in [0.25, 0.3) is 0 Å². The van der Waals surface area contributed by atoms with Crippen molar-refractivity contribution >= 4 is 0 Å². The molecule has 130 valence electrons. The molecule has 0 aliphatic rings. The third kappa shape index (κ3) is 19.9. The van der Waals surface area contributed by atoms with E-state index in [0.717, 1.165) is 31.5 Å². The largest absolute Gasteiger partial charge is 0.381 e. The molecule has 0 N–H and O–H groups in total. The Bertz CT molecular complexity index is 190. The lowest BCUT2D eigenvalue weighted by Gasteiger charge is -2.28. The molecule has 0 saturated heterocycles. The molecule has 2 heteroatoms. The van der Waals surface area contributed by atoms with Crippen molar-refractivity contribution in [1.82, 2.24) is 4.90 Å². The van der Waals surface area contributed by atoms with E-state index in [1.165, 1.54) is 32.4 Å². The lowest BCUT2D eigenvalue weighted by molar-refractivity contribution is 0.107. The van der Waals surface area contributed by atoms with Gasteiger partial charge in [0.2, 0.25) is 0 Å². The Morgan fingerprint density at radius 1 is 0.810 bits per heavy atom. The smallest absolute Gasteiger partial charge is 0.0478 e. The van der Waals surface area contributed by atoms with Gasteiger partial charge in [-0.25, -0.2) is 0 Å². The van der Waals surface area contributed by atoms with Crippen molar-refractivity contribution in [3.8, 4) is 0 Å². The fourth-order valence-corrected chi connectivity index (χ4v) is 2.09. The van der Waals surface area contributed by atoms with Crippen LogP contribution in [0.3, 0.4) is 0 Å². The first-order chi connectivity index (χ1) is 9.84. The van der Waals surface area contributed by atoms with Crippen molar-refractivity contribution in [1.29, 1.82) is 0 Å². The highest BCUT2D eigenvalue weighted by Crippen LogP contribution is 2.06. The highest BCUT2D eigenvalue weighted by atomic mass is 16.5. The van der Waals surface area contributed by atoms with Gasteiger partial charge in [-0.15, -0.1) is 0 Å². The van der Waals surface area contributed by atoms with Gasteiger partial charge in [0, 0.05) is 32.3 Å². The maximum Gasteiger partial charge on any atom is 0.0478 e. The van der Waals surface area contributed by atoms with Gasteiger partial charge in [0.15, 0.2) is 0 Å². The average Bonchev–Trinajstić information content (AvgIpc) is 2.36. The van der Waals surface area contributed by atoms with Crippen molar-refractivity contribution in [2.45, 2.75) is 87.1 Å². The number of nitrogens with zero attached hydrogens (tertiary/aromatic N) is 1. The first-order valence-electron chi connectivity index (χ1n) is 9.16. The molecule has 0 aromatic carbocycles. The molecule has 0 aromatic heterocycles. The monoisotopic (exact) mass is 301 g/mol. The molecule has 0 atom stereocenters. The van der Waals surface area contributed by atoms with Gasteiger partial charge in [-0.3, -0.25) is 0 Å². The van der Waals surface area contributed by atoms with Crippen LogP contribution in [0, 0.1) is 11.8 Å². The molecular weight excluding hydrogens is 258 g/mol. The van der Waals surface area contributed by atoms with Crippen molar-refractivity contribution in [2.24, 2.45) is 11.8 Å². The van der Waals surface area contributed by atoms with Crippen molar-refractivity contribution in [3.63, 3.8) is 0 Å². The highest BCUT2D eigenvalue weighted by Gasteiger charge is 2.10. The fourth-order valence-electron chi connectivity index (χ4n) is 2.09. The van der Waals surface area contributed by atoms with Crippen LogP contribution in [0.15, 0.2) is 0 Å². The summed E-state index contributed by atoms with van der Waals surface area (Å²) in [5.41, 5.74) is 0. The normalized spacial score (nSPS) is 11.4. The van der Waals surface area contributed by atoms with E-state index >= 15 is 0 Å². The molecular formula is C19H43NO. The van der Waals surface area contributed by atoms with E-state index in [2.05, 4.69) is 60.3 Å². The molecule has 0 aliphatic carbocycles. The molecule has 21 heavy (non-hydrogen) atoms. The lowest BCUT2D eigenvalue weighted by atomic mass is 10.1. The van der Waals surface area contributed by atoms with Gasteiger partial charge in [-0.05, 0) is 44.9 Å². The second-order valence-electron chi connectivity index (χ2n) is 7.19. The van der Waals surface area contributed by atoms with Crippen LogP contribution in [0.2, 0.25) is 0 Å². The Morgan fingerprint density at radius 3 is 1.76 bits per heavy atom. The molecule has 0 spiro atoms. The predicted octanol–water partition coefficient (Wildman–Crippen LogP) is 5.61. The molecule has 0 saturated carbocycles. The van der Waals surface area contributed by atoms with E-state index in [9.17, 15) is 0 Å². The van der Waals surface area contributed by atoms with Crippen LogP contribution in [0.1, 0.15) is 81.1 Å². The minimum atomic E-state index is 0.647. The molecule has 0 rings (SSSR count). The molecule has 2 nitrogen and oxygen atoms in total. The fraction of sp³-hybridized carbons (Fsp3) is 1.00. The van der Waals surface area contributed by atoms with Gasteiger partial charge < -0.3 is 9.64 Å². The molecule has 0 aromatic rings. The molecule has 0 heterocycles. The van der Waals surface area contributed by atoms with Gasteiger partial charge in [-0.2, -0.15) is 0 Å². The minimum Gasteiger partial charge on any atom is -0.381 e. The van der Waals surface area contributed by atoms with E-state index in [0.29, 0.717) is 6.04 Å². The first-order valence-corrected chi connectivity index (χ1v) is 9.16. The van der Waals surface area contributed by atoms with Crippen LogP contribution in [0.5, 0.6) is 0 Å². The predicted molar refractivity (Wildman–Crippen MR) is 97.0 cm³/mol. The quantitative estimate of drug-likeness (QED) is 0.460. The van der Waals surface area contributed by atoms with Gasteiger partial charge >= 0.3 is 0 Å². The maximum atomic E-state index is 5.69. The Hall–Kier alpha value is -0.0800. The topological polar surface area (TPSA) is 12.5 Å². The summed E-state index contributed by atoms with van der Waals surface area (Å²) < 4.78 is 5.69. The molecule has 0 aliphatic heterocycles. The number of hydrogen-bond acceptors (Lipinski definition) is 2. The molecule has 0 unspecified atom stereocenters. The zero-order chi connectivity index (χ0) is 16.7. The average molecular weight is 302 g/mol. The standard InChI is InChI=1S/C16H35NO.C3H8/c1-14(2)9-7-11-18-12-8-10-17(16(5)6)13-15(3)4;1-3-2/h14-16H,7-13H2,1-6H3;3H2,1-2H3. The minimum absolute atomic E-state index is 0.647. The summed E-state index contributed by atoms with van der Waals surface area (Å²) in [7, 11) is 0. The number of rotatable bonds is 11. The number of hydrogen-bond donors (Lipinski definition) is 0. The lowest BCUT2D eigenvalue weighted by Crippen LogP contribution is -2.35. The molecule has 0 radical (unpaired) electrons. The Labute approximate surface area is 135 Å². The van der Waals surface area contributed by atoms with Gasteiger partial charge in [0.1, 0.15) is 0 Å². The molecule has 0 amide bonds. The summed E-state index contributed by atoms with van der Waals surface area (Å²) >= 11 is 0. The van der Waals surface area contributed by atoms with E-state index in [1.807, 2.05) is 0 Å². The van der Waals surface area contributed by atoms with Crippen LogP contribution in [0.25, 0.3) is 0 Å². The zero-order valence-electron chi connectivity index (χ0n) is 16.2. The van der Waals surface area contributed by atoms with Crippen LogP contribution >= 0.6 is 0 Å². The van der Waals surface area contributed by atoms with Crippen molar-refractivity contribution < 1.29 is 4.74 Å². The number of ether oxygens (including phenoxy) is 1. The molecule has 0 bridgehead atoms. The first kappa shape index (κ1) is 23.2. The van der Waals surface area contributed by atoms with Crippen LogP contribution in [0.4, 0.5) is 0 Å². The van der Waals surface area contributed by atoms with Gasteiger partial charge in [0.05, 0.1) is 0 Å². The van der Waals surface area contributed by atoms with E-state index < -0.39 is 0 Å². The summed E-state index contributed by atoms with van der Waals surface area (Å²) in [6.45, 7) is 22.2. The molecule has 0 fully saturated rings. The van der Waals surface area contributed by atoms with Crippen molar-refractivity contribution in [2.75, 3.05) is 26.3 Å². The van der Waals surface area contributed by atoms with Crippen LogP contribution in [-0.2, 0) is 4.74 Å². The second kappa shape index (κ2) is 16.3. The summed E-state index contributed by atoms with van der Waals surface area (Å²) in [6.07, 6.45) is 4.90. The summed E-state index contributed by atoms with van der Waals surface area (Å²) in [4.78, 5) is 2.56. The highest BCUT2D eigenvalue weighted by molar-refractivity contribution is 4.64. The Kier molecular flexibility index (Phi) is 18.0. The summed E-state index contributed by atoms with van der Waals surface area (Å²) in [5.74, 6) is 1.55. The van der Waals surface area contributed by atoms with Crippen molar-refractivity contribution in [3.05, 3.63) is 0 Å². The van der Waals surface area contributed by atoms with E-state index in [4.69, 9.17) is 4.74 Å². The second-order valence-corrected chi connectivity index (χ2v) is 7.19. The van der Waals surface area contributed by atoms with Crippen LogP contribution < -0.4 is 0 Å². The maximum absolute atomic E-state index is 5.69. The van der Waals surface area contributed by atoms with E-state index in [1.54, 1.807) is 0 Å².